The Bertz CT molecular complexity index is 1520. The van der Waals surface area contributed by atoms with Crippen LogP contribution in [0.1, 0.15) is 20.8 Å². The van der Waals surface area contributed by atoms with Gasteiger partial charge in [0.05, 0.1) is 16.1 Å². The van der Waals surface area contributed by atoms with E-state index in [1.165, 1.54) is 30.3 Å². The molecule has 0 aliphatic heterocycles. The first-order valence-electron chi connectivity index (χ1n) is 9.53. The number of anilines is 1. The van der Waals surface area contributed by atoms with E-state index in [0.717, 1.165) is 18.4 Å². The second-order valence-corrected chi connectivity index (χ2v) is 12.9. The molecule has 0 fully saturated rings. The number of nitrogens with zero attached hydrogens (tertiary/aromatic N) is 3. The lowest BCUT2D eigenvalue weighted by atomic mass is 10.2. The number of amides is 1. The molecule has 1 amide bonds. The Kier molecular flexibility index (Phi) is 6.71. The lowest BCUT2D eigenvalue weighted by Crippen LogP contribution is -2.41. The van der Waals surface area contributed by atoms with Gasteiger partial charge in [0.15, 0.2) is 9.84 Å². The molecule has 14 heteroatoms. The van der Waals surface area contributed by atoms with Crippen molar-refractivity contribution in [3.8, 4) is 0 Å². The third-order valence-electron chi connectivity index (χ3n) is 4.36. The van der Waals surface area contributed by atoms with Gasteiger partial charge in [-0.25, -0.2) is 26.4 Å². The predicted octanol–water partition coefficient (Wildman–Crippen LogP) is 3.70. The Morgan fingerprint density at radius 2 is 1.65 bits per heavy atom. The Morgan fingerprint density at radius 3 is 2.18 bits per heavy atom. The SMILES string of the molecule is CC(C)(C)OC(=O)N(c1ccc2c(c1)c(I)nn2C(=O)O)S(=O)(=O)c1ccccc1S(C)(=O)=O. The van der Waals surface area contributed by atoms with E-state index < -0.39 is 47.4 Å². The second kappa shape index (κ2) is 8.81. The van der Waals surface area contributed by atoms with Crippen LogP contribution in [0.3, 0.4) is 0 Å². The van der Waals surface area contributed by atoms with Gasteiger partial charge in [-0.3, -0.25) is 0 Å². The fourth-order valence-electron chi connectivity index (χ4n) is 3.06. The molecule has 1 N–H and O–H groups in total. The Morgan fingerprint density at radius 1 is 1.06 bits per heavy atom. The number of rotatable bonds is 4. The molecule has 1 heterocycles. The number of ether oxygens (including phenoxy) is 1. The van der Waals surface area contributed by atoms with Crippen molar-refractivity contribution in [3.63, 3.8) is 0 Å². The van der Waals surface area contributed by atoms with Crippen molar-refractivity contribution < 1.29 is 36.3 Å². The molecule has 0 radical (unpaired) electrons. The number of sulfone groups is 1. The normalized spacial score (nSPS) is 12.5. The van der Waals surface area contributed by atoms with Crippen molar-refractivity contribution in [2.24, 2.45) is 0 Å². The molecule has 0 aliphatic rings. The van der Waals surface area contributed by atoms with Crippen molar-refractivity contribution in [1.82, 2.24) is 9.78 Å². The zero-order valence-corrected chi connectivity index (χ0v) is 22.2. The second-order valence-electron chi connectivity index (χ2n) is 8.16. The maximum Gasteiger partial charge on any atom is 0.432 e. The minimum Gasteiger partial charge on any atom is -0.463 e. The molecule has 0 bridgehead atoms. The van der Waals surface area contributed by atoms with E-state index in [9.17, 15) is 31.5 Å². The molecule has 182 valence electrons. The van der Waals surface area contributed by atoms with Gasteiger partial charge in [-0.05, 0) is 73.7 Å². The molecule has 0 unspecified atom stereocenters. The minimum absolute atomic E-state index is 0.165. The Balaban J connectivity index is 2.31. The molecule has 3 aromatic rings. The number of benzene rings is 2. The zero-order valence-electron chi connectivity index (χ0n) is 18.4. The average Bonchev–Trinajstić information content (AvgIpc) is 3.02. The van der Waals surface area contributed by atoms with Crippen molar-refractivity contribution in [2.75, 3.05) is 10.6 Å². The van der Waals surface area contributed by atoms with Crippen LogP contribution in [0, 0.1) is 3.70 Å². The maximum atomic E-state index is 13.7. The minimum atomic E-state index is -4.80. The van der Waals surface area contributed by atoms with Gasteiger partial charge in [-0.2, -0.15) is 14.1 Å². The number of hydrogen-bond acceptors (Lipinski definition) is 8. The van der Waals surface area contributed by atoms with Gasteiger partial charge in [0.1, 0.15) is 14.2 Å². The topological polar surface area (TPSA) is 153 Å². The van der Waals surface area contributed by atoms with E-state index in [0.29, 0.717) is 8.99 Å². The molecule has 0 saturated heterocycles. The first-order valence-corrected chi connectivity index (χ1v) is 13.9. The number of carbonyl (C=O) groups excluding carboxylic acids is 1. The first kappa shape index (κ1) is 25.9. The van der Waals surface area contributed by atoms with Gasteiger partial charge in [0.2, 0.25) is 0 Å². The fraction of sp³-hybridized carbons (Fsp3) is 0.250. The van der Waals surface area contributed by atoms with Gasteiger partial charge in [0.25, 0.3) is 10.0 Å². The van der Waals surface area contributed by atoms with E-state index >= 15 is 0 Å². The summed E-state index contributed by atoms with van der Waals surface area (Å²) in [4.78, 5) is 23.5. The standard InChI is InChI=1S/C20H20IN3O8S2/c1-20(2,3)32-19(27)24(34(30,31)16-8-6-5-7-15(16)33(4,28)29)12-9-10-14-13(11-12)17(21)22-23(14)18(25)26/h5-11H,1-4H3,(H,25,26). The van der Waals surface area contributed by atoms with E-state index in [1.807, 2.05) is 0 Å². The summed E-state index contributed by atoms with van der Waals surface area (Å²) in [7, 11) is -8.78. The molecular weight excluding hydrogens is 601 g/mol. The van der Waals surface area contributed by atoms with Crippen molar-refractivity contribution in [1.29, 1.82) is 0 Å². The van der Waals surface area contributed by atoms with Crippen LogP contribution in [0.2, 0.25) is 0 Å². The summed E-state index contributed by atoms with van der Waals surface area (Å²) in [5.41, 5.74) is -1.10. The lowest BCUT2D eigenvalue weighted by molar-refractivity contribution is 0.0608. The summed E-state index contributed by atoms with van der Waals surface area (Å²) in [6, 6.07) is 8.67. The van der Waals surface area contributed by atoms with Gasteiger partial charge >= 0.3 is 12.2 Å². The number of carboxylic acid groups (broad SMARTS) is 1. The Hall–Kier alpha value is -2.72. The van der Waals surface area contributed by atoms with Crippen molar-refractivity contribution in [3.05, 3.63) is 46.2 Å². The van der Waals surface area contributed by atoms with E-state index in [-0.39, 0.29) is 20.3 Å². The third kappa shape index (κ3) is 5.02. The highest BCUT2D eigenvalue weighted by molar-refractivity contribution is 14.1. The highest BCUT2D eigenvalue weighted by Gasteiger charge is 2.37. The Labute approximate surface area is 209 Å². The molecule has 0 spiro atoms. The van der Waals surface area contributed by atoms with Crippen LogP contribution in [-0.2, 0) is 24.6 Å². The molecule has 0 atom stereocenters. The average molecular weight is 621 g/mol. The molecule has 1 aromatic heterocycles. The summed E-state index contributed by atoms with van der Waals surface area (Å²) >= 11 is 1.78. The number of halogens is 1. The van der Waals surface area contributed by atoms with Crippen LogP contribution >= 0.6 is 22.6 Å². The van der Waals surface area contributed by atoms with Gasteiger partial charge in [0, 0.05) is 11.6 Å². The van der Waals surface area contributed by atoms with Crippen LogP contribution in [0.15, 0.2) is 52.3 Å². The first-order chi connectivity index (χ1) is 15.5. The summed E-state index contributed by atoms with van der Waals surface area (Å²) in [6.07, 6.45) is -1.76. The van der Waals surface area contributed by atoms with Crippen LogP contribution < -0.4 is 4.31 Å². The van der Waals surface area contributed by atoms with Crippen molar-refractivity contribution >= 4 is 71.2 Å². The van der Waals surface area contributed by atoms with Crippen LogP contribution in [-0.4, -0.2) is 55.8 Å². The number of aromatic nitrogens is 2. The smallest absolute Gasteiger partial charge is 0.432 e. The molecule has 3 rings (SSSR count). The predicted molar refractivity (Wildman–Crippen MR) is 131 cm³/mol. The zero-order chi connectivity index (χ0) is 25.6. The number of fused-ring (bicyclic) bond motifs is 1. The molecule has 11 nitrogen and oxygen atoms in total. The monoisotopic (exact) mass is 621 g/mol. The van der Waals surface area contributed by atoms with E-state index in [1.54, 1.807) is 43.4 Å². The van der Waals surface area contributed by atoms with Gasteiger partial charge < -0.3 is 9.84 Å². The summed E-state index contributed by atoms with van der Waals surface area (Å²) in [5.74, 6) is 0. The fourth-order valence-corrected chi connectivity index (χ4v) is 6.63. The summed E-state index contributed by atoms with van der Waals surface area (Å²) in [5, 5.41) is 13.5. The molecule has 34 heavy (non-hydrogen) atoms. The third-order valence-corrected chi connectivity index (χ3v) is 8.19. The molecule has 0 aliphatic carbocycles. The summed E-state index contributed by atoms with van der Waals surface area (Å²) < 4.78 is 58.6. The quantitative estimate of drug-likeness (QED) is 0.430. The number of carbonyl (C=O) groups is 2. The van der Waals surface area contributed by atoms with Gasteiger partial charge in [-0.15, -0.1) is 0 Å². The maximum absolute atomic E-state index is 13.7. The highest BCUT2D eigenvalue weighted by Crippen LogP contribution is 2.33. The number of sulfonamides is 1. The lowest BCUT2D eigenvalue weighted by Gasteiger charge is -2.27. The number of hydrogen-bond donors (Lipinski definition) is 1. The molecule has 2 aromatic carbocycles. The van der Waals surface area contributed by atoms with E-state index in [4.69, 9.17) is 4.74 Å². The largest absolute Gasteiger partial charge is 0.463 e. The highest BCUT2D eigenvalue weighted by atomic mass is 127. The van der Waals surface area contributed by atoms with Crippen LogP contribution in [0.5, 0.6) is 0 Å². The molecular formula is C20H20IN3O8S2. The van der Waals surface area contributed by atoms with E-state index in [2.05, 4.69) is 5.10 Å². The van der Waals surface area contributed by atoms with Crippen LogP contribution in [0.4, 0.5) is 15.3 Å². The van der Waals surface area contributed by atoms with Gasteiger partial charge in [-0.1, -0.05) is 12.1 Å². The summed E-state index contributed by atoms with van der Waals surface area (Å²) in [6.45, 7) is 4.63. The van der Waals surface area contributed by atoms with Crippen molar-refractivity contribution in [2.45, 2.75) is 36.2 Å². The molecule has 0 saturated carbocycles. The van der Waals surface area contributed by atoms with Crippen LogP contribution in [0.25, 0.3) is 10.9 Å².